The van der Waals surface area contributed by atoms with E-state index in [1.807, 2.05) is 30.3 Å². The minimum atomic E-state index is -0.848. The number of hydrogen-bond donors (Lipinski definition) is 1. The van der Waals surface area contributed by atoms with Gasteiger partial charge in [0.2, 0.25) is 0 Å². The Morgan fingerprint density at radius 2 is 1.91 bits per heavy atom. The van der Waals surface area contributed by atoms with Crippen molar-refractivity contribution in [3.05, 3.63) is 63.1 Å². The van der Waals surface area contributed by atoms with Crippen LogP contribution in [-0.2, 0) is 11.8 Å². The van der Waals surface area contributed by atoms with Crippen molar-refractivity contribution < 1.29 is 9.90 Å². The van der Waals surface area contributed by atoms with E-state index in [9.17, 15) is 9.90 Å². The Morgan fingerprint density at radius 1 is 1.23 bits per heavy atom. The summed E-state index contributed by atoms with van der Waals surface area (Å²) in [5, 5.41) is 9.95. The summed E-state index contributed by atoms with van der Waals surface area (Å²) in [6, 6.07) is 10.9. The molecule has 2 aromatic carbocycles. The van der Waals surface area contributed by atoms with Crippen molar-refractivity contribution in [3.8, 4) is 18.1 Å². The summed E-state index contributed by atoms with van der Waals surface area (Å²) >= 11 is 12.2. The summed E-state index contributed by atoms with van der Waals surface area (Å²) in [4.78, 5) is 13.1. The van der Waals surface area contributed by atoms with E-state index in [0.717, 1.165) is 5.56 Å². The molecule has 2 aromatic rings. The lowest BCUT2D eigenvalue weighted by Gasteiger charge is -2.25. The highest BCUT2D eigenvalue weighted by Crippen LogP contribution is 2.48. The predicted octanol–water partition coefficient (Wildman–Crippen LogP) is 4.40. The highest BCUT2D eigenvalue weighted by atomic mass is 35.5. The normalized spacial score (nSPS) is 19.8. The molecule has 0 aliphatic heterocycles. The van der Waals surface area contributed by atoms with Gasteiger partial charge in [-0.3, -0.25) is 4.79 Å². The van der Waals surface area contributed by atoms with Gasteiger partial charge < -0.3 is 5.11 Å². The molecule has 3 rings (SSSR count). The highest BCUT2D eigenvalue weighted by Gasteiger charge is 2.48. The Hall–Kier alpha value is -1.95. The maximum absolute atomic E-state index is 13.1. The number of halogens is 2. The van der Waals surface area contributed by atoms with E-state index >= 15 is 0 Å². The average Bonchev–Trinajstić information content (AvgIpc) is 2.80. The summed E-state index contributed by atoms with van der Waals surface area (Å²) < 4.78 is 0. The number of carbonyl (C=O) groups is 1. The number of carbonyl (C=O) groups excluding carboxylic acids is 1. The number of rotatable bonds is 2. The van der Waals surface area contributed by atoms with Crippen LogP contribution in [0, 0.1) is 12.3 Å². The molecule has 2 nitrogen and oxygen atoms in total. The highest BCUT2D eigenvalue weighted by molar-refractivity contribution is 6.45. The topological polar surface area (TPSA) is 37.3 Å². The Morgan fingerprint density at radius 3 is 2.55 bits per heavy atom. The molecular weight excluding hydrogens is 319 g/mol. The number of benzene rings is 2. The van der Waals surface area contributed by atoms with Gasteiger partial charge in [0.05, 0.1) is 10.4 Å². The maximum atomic E-state index is 13.1. The number of ketones is 1. The Balaban J connectivity index is 2.23. The predicted molar refractivity (Wildman–Crippen MR) is 87.7 cm³/mol. The molecule has 110 valence electrons. The molecule has 0 amide bonds. The fourth-order valence-corrected chi connectivity index (χ4v) is 3.56. The van der Waals surface area contributed by atoms with Crippen LogP contribution in [0.5, 0.6) is 5.75 Å². The molecule has 1 aliphatic carbocycles. The van der Waals surface area contributed by atoms with E-state index < -0.39 is 5.41 Å². The van der Waals surface area contributed by atoms with Crippen LogP contribution in [0.1, 0.15) is 27.9 Å². The molecule has 0 aromatic heterocycles. The van der Waals surface area contributed by atoms with Crippen molar-refractivity contribution in [1.29, 1.82) is 0 Å². The Bertz CT molecular complexity index is 806. The minimum absolute atomic E-state index is 0.00154. The second kappa shape index (κ2) is 5.35. The fraction of sp³-hybridized carbons (Fsp3) is 0.167. The maximum Gasteiger partial charge on any atom is 0.176 e. The summed E-state index contributed by atoms with van der Waals surface area (Å²) in [6.07, 6.45) is 6.18. The Kier molecular flexibility index (Phi) is 3.64. The van der Waals surface area contributed by atoms with Gasteiger partial charge in [0.15, 0.2) is 5.78 Å². The molecule has 0 fully saturated rings. The van der Waals surface area contributed by atoms with Crippen molar-refractivity contribution in [2.24, 2.45) is 0 Å². The third-order valence-corrected chi connectivity index (χ3v) is 5.01. The van der Waals surface area contributed by atoms with Gasteiger partial charge in [0.25, 0.3) is 0 Å². The SMILES string of the molecule is C#CCC1(c2ccccc2)Cc2cc(O)c(Cl)c(Cl)c2C1=O. The van der Waals surface area contributed by atoms with E-state index in [2.05, 4.69) is 5.92 Å². The zero-order valence-corrected chi connectivity index (χ0v) is 13.1. The van der Waals surface area contributed by atoms with Crippen LogP contribution in [0.4, 0.5) is 0 Å². The van der Waals surface area contributed by atoms with Gasteiger partial charge in [-0.1, -0.05) is 53.5 Å². The molecule has 4 heteroatoms. The molecule has 0 spiro atoms. The van der Waals surface area contributed by atoms with Crippen molar-refractivity contribution in [3.63, 3.8) is 0 Å². The molecule has 0 heterocycles. The van der Waals surface area contributed by atoms with Crippen LogP contribution >= 0.6 is 23.2 Å². The van der Waals surface area contributed by atoms with Crippen LogP contribution < -0.4 is 0 Å². The quantitative estimate of drug-likeness (QED) is 0.828. The summed E-state index contributed by atoms with van der Waals surface area (Å²) in [5.74, 6) is 2.34. The number of hydrogen-bond acceptors (Lipinski definition) is 2. The van der Waals surface area contributed by atoms with Gasteiger partial charge in [0, 0.05) is 12.0 Å². The van der Waals surface area contributed by atoms with E-state index in [1.165, 1.54) is 6.07 Å². The smallest absolute Gasteiger partial charge is 0.176 e. The van der Waals surface area contributed by atoms with Crippen LogP contribution in [0.25, 0.3) is 0 Å². The summed E-state index contributed by atoms with van der Waals surface area (Å²) in [7, 11) is 0. The lowest BCUT2D eigenvalue weighted by Crippen LogP contribution is -2.32. The molecule has 0 saturated heterocycles. The Labute approximate surface area is 138 Å². The van der Waals surface area contributed by atoms with Gasteiger partial charge in [-0.25, -0.2) is 0 Å². The largest absolute Gasteiger partial charge is 0.506 e. The lowest BCUT2D eigenvalue weighted by molar-refractivity contribution is 0.0905. The second-order valence-corrected chi connectivity index (χ2v) is 6.15. The molecule has 1 aliphatic rings. The van der Waals surface area contributed by atoms with Crippen LogP contribution in [0.3, 0.4) is 0 Å². The van der Waals surface area contributed by atoms with E-state index in [1.54, 1.807) is 0 Å². The zero-order valence-electron chi connectivity index (χ0n) is 11.6. The molecule has 1 atom stereocenters. The first-order valence-electron chi connectivity index (χ1n) is 6.75. The third kappa shape index (κ3) is 2.01. The van der Waals surface area contributed by atoms with Gasteiger partial charge in [-0.15, -0.1) is 12.3 Å². The molecule has 0 saturated carbocycles. The average molecular weight is 331 g/mol. The summed E-state index contributed by atoms with van der Waals surface area (Å²) in [5.41, 5.74) is 1.04. The van der Waals surface area contributed by atoms with Crippen molar-refractivity contribution in [1.82, 2.24) is 0 Å². The van der Waals surface area contributed by atoms with Crippen LogP contribution in [0.2, 0.25) is 10.0 Å². The van der Waals surface area contributed by atoms with E-state index in [4.69, 9.17) is 29.6 Å². The standard InChI is InChI=1S/C18H12Cl2O2/c1-2-8-18(12-6-4-3-5-7-12)10-11-9-13(21)15(19)16(20)14(11)17(18)22/h1,3-7,9,21H,8,10H2. The number of phenolic OH excluding ortho intramolecular Hbond substituents is 1. The molecule has 1 unspecified atom stereocenters. The number of phenols is 1. The number of aromatic hydroxyl groups is 1. The monoisotopic (exact) mass is 330 g/mol. The first-order valence-corrected chi connectivity index (χ1v) is 7.50. The molecule has 0 bridgehead atoms. The molecule has 1 N–H and O–H groups in total. The van der Waals surface area contributed by atoms with E-state index in [-0.39, 0.29) is 28.0 Å². The minimum Gasteiger partial charge on any atom is -0.506 e. The first kappa shape index (κ1) is 15.0. The zero-order chi connectivity index (χ0) is 15.9. The number of fused-ring (bicyclic) bond motifs is 1. The van der Waals surface area contributed by atoms with E-state index in [0.29, 0.717) is 17.5 Å². The fourth-order valence-electron chi connectivity index (χ4n) is 3.10. The van der Waals surface area contributed by atoms with Crippen LogP contribution in [0.15, 0.2) is 36.4 Å². The van der Waals surface area contributed by atoms with Gasteiger partial charge >= 0.3 is 0 Å². The van der Waals surface area contributed by atoms with Crippen molar-refractivity contribution in [2.75, 3.05) is 0 Å². The van der Waals surface area contributed by atoms with Gasteiger partial charge in [0.1, 0.15) is 10.8 Å². The molecular formula is C18H12Cl2O2. The van der Waals surface area contributed by atoms with Gasteiger partial charge in [-0.2, -0.15) is 0 Å². The lowest BCUT2D eigenvalue weighted by atomic mass is 9.74. The van der Waals surface area contributed by atoms with Gasteiger partial charge in [-0.05, 0) is 23.6 Å². The third-order valence-electron chi connectivity index (χ3n) is 4.15. The number of terminal acetylenes is 1. The van der Waals surface area contributed by atoms with Crippen molar-refractivity contribution in [2.45, 2.75) is 18.3 Å². The second-order valence-electron chi connectivity index (χ2n) is 5.39. The first-order chi connectivity index (χ1) is 10.5. The number of Topliss-reactive ketones (excluding diaryl/α,β-unsaturated/α-hetero) is 1. The molecule has 22 heavy (non-hydrogen) atoms. The van der Waals surface area contributed by atoms with Crippen LogP contribution in [-0.4, -0.2) is 10.9 Å². The molecule has 0 radical (unpaired) electrons. The summed E-state index contributed by atoms with van der Waals surface area (Å²) in [6.45, 7) is 0. The van der Waals surface area contributed by atoms with Crippen molar-refractivity contribution >= 4 is 29.0 Å².